The van der Waals surface area contributed by atoms with E-state index in [1.807, 2.05) is 6.92 Å². The number of nitrogens with one attached hydrogen (secondary N) is 1. The number of aliphatic imine (C=N–C) groups is 1. The number of rotatable bonds is 0. The summed E-state index contributed by atoms with van der Waals surface area (Å²) in [6.45, 7) is 2.81. The van der Waals surface area contributed by atoms with Crippen LogP contribution in [0.3, 0.4) is 0 Å². The second-order valence-corrected chi connectivity index (χ2v) is 7.96. The van der Waals surface area contributed by atoms with E-state index in [-0.39, 0.29) is 40.1 Å². The lowest BCUT2D eigenvalue weighted by Gasteiger charge is -2.39. The number of carbonyl (C=O) groups excluding carboxylic acids is 4. The summed E-state index contributed by atoms with van der Waals surface area (Å²) < 4.78 is 5.51. The number of hydrogen-bond donors (Lipinski definition) is 1. The van der Waals surface area contributed by atoms with Gasteiger partial charge in [-0.3, -0.25) is 24.2 Å². The number of ketones is 3. The van der Waals surface area contributed by atoms with Gasteiger partial charge in [-0.25, -0.2) is 10.4 Å². The first-order valence-electron chi connectivity index (χ1n) is 9.47. The number of Topliss-reactive ketones (excluding diaryl/α,β-unsaturated/α-hetero) is 2. The molecule has 0 radical (unpaired) electrons. The lowest BCUT2D eigenvalue weighted by Crippen LogP contribution is -2.56. The molecule has 4 aliphatic rings. The van der Waals surface area contributed by atoms with E-state index in [0.29, 0.717) is 48.2 Å². The predicted molar refractivity (Wildman–Crippen MR) is 99.4 cm³/mol. The lowest BCUT2D eigenvalue weighted by molar-refractivity contribution is 0.0747. The molecule has 1 aromatic heterocycles. The smallest absolute Gasteiger partial charge is 0.274 e. The first-order valence-corrected chi connectivity index (χ1v) is 9.47. The van der Waals surface area contributed by atoms with E-state index in [9.17, 15) is 19.2 Å². The van der Waals surface area contributed by atoms with Gasteiger partial charge in [0.15, 0.2) is 17.4 Å². The third-order valence-electron chi connectivity index (χ3n) is 6.43. The number of carbonyl (C=O) groups is 4. The predicted octanol–water partition coefficient (Wildman–Crippen LogP) is 1.66. The molecule has 0 bridgehead atoms. The van der Waals surface area contributed by atoms with E-state index in [0.717, 1.165) is 5.01 Å². The summed E-state index contributed by atoms with van der Waals surface area (Å²) in [6.07, 6.45) is 2.18. The van der Waals surface area contributed by atoms with E-state index < -0.39 is 11.3 Å². The maximum atomic E-state index is 13.2. The molecular weight excluding hydrogens is 374 g/mol. The molecule has 0 fully saturated rings. The normalized spacial score (nSPS) is 24.6. The second-order valence-electron chi connectivity index (χ2n) is 7.96. The molecular formula is C21H15N3O5. The molecule has 2 aliphatic carbocycles. The van der Waals surface area contributed by atoms with Gasteiger partial charge in [-0.15, -0.1) is 0 Å². The van der Waals surface area contributed by atoms with Crippen molar-refractivity contribution < 1.29 is 23.6 Å². The minimum absolute atomic E-state index is 0.0498. The van der Waals surface area contributed by atoms with Crippen LogP contribution in [-0.2, 0) is 5.41 Å². The van der Waals surface area contributed by atoms with Crippen molar-refractivity contribution in [3.05, 3.63) is 57.5 Å². The molecule has 6 rings (SSSR count). The summed E-state index contributed by atoms with van der Waals surface area (Å²) in [5.74, 6) is -0.964. The van der Waals surface area contributed by atoms with E-state index in [4.69, 9.17) is 4.42 Å². The number of amides is 1. The number of fused-ring (bicyclic) bond motifs is 4. The van der Waals surface area contributed by atoms with Crippen LogP contribution in [0.15, 0.2) is 27.8 Å². The molecule has 2 aromatic rings. The maximum Gasteiger partial charge on any atom is 0.274 e. The molecule has 29 heavy (non-hydrogen) atoms. The molecule has 0 saturated carbocycles. The Morgan fingerprint density at radius 3 is 2.72 bits per heavy atom. The number of benzene rings is 1. The standard InChI is InChI=1S/C21H15N3O5/c1-21-3-2-14(25)12-8-29-18(15(12)21)16(26)11-6-10-9(7-13(11)21)17(27)19-22-4-5-23-24(19)20(10)28/h6-8,23H,2-5H2,1H3/t21-/m0/s1. The first kappa shape index (κ1) is 16.6. The van der Waals surface area contributed by atoms with Crippen LogP contribution in [0, 0.1) is 0 Å². The van der Waals surface area contributed by atoms with Gasteiger partial charge in [0.25, 0.3) is 5.91 Å². The van der Waals surface area contributed by atoms with Gasteiger partial charge < -0.3 is 4.42 Å². The minimum atomic E-state index is -0.642. The molecule has 3 heterocycles. The molecule has 1 N–H and O–H groups in total. The zero-order valence-corrected chi connectivity index (χ0v) is 15.5. The van der Waals surface area contributed by atoms with E-state index in [1.165, 1.54) is 12.3 Å². The fourth-order valence-electron chi connectivity index (χ4n) is 4.95. The highest BCUT2D eigenvalue weighted by molar-refractivity contribution is 6.51. The van der Waals surface area contributed by atoms with Crippen molar-refractivity contribution in [3.63, 3.8) is 0 Å². The van der Waals surface area contributed by atoms with Crippen LogP contribution in [0.4, 0.5) is 0 Å². The van der Waals surface area contributed by atoms with Gasteiger partial charge in [0, 0.05) is 35.1 Å². The molecule has 0 saturated heterocycles. The third kappa shape index (κ3) is 1.84. The molecule has 0 unspecified atom stereocenters. The van der Waals surface area contributed by atoms with Gasteiger partial charge in [-0.1, -0.05) is 6.92 Å². The minimum Gasteiger partial charge on any atom is -0.460 e. The zero-order chi connectivity index (χ0) is 20.1. The monoisotopic (exact) mass is 389 g/mol. The van der Waals surface area contributed by atoms with E-state index in [1.54, 1.807) is 6.07 Å². The highest BCUT2D eigenvalue weighted by atomic mass is 16.3. The van der Waals surface area contributed by atoms with Crippen LogP contribution in [0.25, 0.3) is 0 Å². The van der Waals surface area contributed by atoms with Crippen LogP contribution in [0.2, 0.25) is 0 Å². The van der Waals surface area contributed by atoms with Gasteiger partial charge in [-0.05, 0) is 24.1 Å². The number of amidine groups is 1. The Balaban J connectivity index is 1.64. The summed E-state index contributed by atoms with van der Waals surface area (Å²) in [6, 6.07) is 3.14. The Kier molecular flexibility index (Phi) is 2.94. The number of hydrogen-bond acceptors (Lipinski definition) is 7. The van der Waals surface area contributed by atoms with Crippen molar-refractivity contribution in [1.29, 1.82) is 0 Å². The lowest BCUT2D eigenvalue weighted by atomic mass is 9.62. The van der Waals surface area contributed by atoms with Crippen molar-refractivity contribution in [3.8, 4) is 0 Å². The topological polar surface area (TPSA) is 109 Å². The van der Waals surface area contributed by atoms with Gasteiger partial charge >= 0.3 is 0 Å². The summed E-state index contributed by atoms with van der Waals surface area (Å²) in [5, 5.41) is 1.16. The molecule has 1 aromatic carbocycles. The van der Waals surface area contributed by atoms with Crippen molar-refractivity contribution in [1.82, 2.24) is 10.4 Å². The quantitative estimate of drug-likeness (QED) is 0.734. The fraction of sp³-hybridized carbons (Fsp3) is 0.286. The second kappa shape index (κ2) is 5.15. The van der Waals surface area contributed by atoms with Crippen LogP contribution < -0.4 is 5.43 Å². The van der Waals surface area contributed by atoms with Gasteiger partial charge in [0.05, 0.1) is 17.7 Å². The highest BCUT2D eigenvalue weighted by Gasteiger charge is 2.49. The Labute approximate surface area is 164 Å². The third-order valence-corrected chi connectivity index (χ3v) is 6.43. The van der Waals surface area contributed by atoms with Crippen LogP contribution in [0.1, 0.15) is 78.1 Å². The Morgan fingerprint density at radius 1 is 1.07 bits per heavy atom. The Hall–Kier alpha value is -3.39. The molecule has 8 heteroatoms. The van der Waals surface area contributed by atoms with E-state index >= 15 is 0 Å². The van der Waals surface area contributed by atoms with Gasteiger partial charge in [-0.2, -0.15) is 0 Å². The number of furan rings is 1. The summed E-state index contributed by atoms with van der Waals surface area (Å²) >= 11 is 0. The van der Waals surface area contributed by atoms with Crippen LogP contribution >= 0.6 is 0 Å². The van der Waals surface area contributed by atoms with Crippen molar-refractivity contribution in [2.75, 3.05) is 13.1 Å². The first-order chi connectivity index (χ1) is 13.9. The number of nitrogens with zero attached hydrogens (tertiary/aromatic N) is 2. The Morgan fingerprint density at radius 2 is 1.90 bits per heavy atom. The highest BCUT2D eigenvalue weighted by Crippen LogP contribution is 2.50. The SMILES string of the molecule is C[C@@]12CCC(=O)c3coc(c31)C(=O)c1cc3c(cc12)C(=O)C1=NCCNN1C3=O. The summed E-state index contributed by atoms with van der Waals surface area (Å²) in [5.41, 5.74) is 4.68. The largest absolute Gasteiger partial charge is 0.460 e. The van der Waals surface area contributed by atoms with Gasteiger partial charge in [0.1, 0.15) is 6.26 Å². The number of hydrazine groups is 1. The maximum absolute atomic E-state index is 13.2. The average Bonchev–Trinajstić information content (AvgIpc) is 3.20. The molecule has 2 aliphatic heterocycles. The van der Waals surface area contributed by atoms with Gasteiger partial charge in [0.2, 0.25) is 11.6 Å². The van der Waals surface area contributed by atoms with Crippen molar-refractivity contribution in [2.24, 2.45) is 4.99 Å². The molecule has 1 amide bonds. The summed E-state index contributed by atoms with van der Waals surface area (Å²) in [7, 11) is 0. The van der Waals surface area contributed by atoms with Crippen molar-refractivity contribution >= 4 is 29.1 Å². The van der Waals surface area contributed by atoms with E-state index in [2.05, 4.69) is 10.4 Å². The van der Waals surface area contributed by atoms with Crippen molar-refractivity contribution in [2.45, 2.75) is 25.2 Å². The average molecular weight is 389 g/mol. The molecule has 144 valence electrons. The molecule has 0 spiro atoms. The van der Waals surface area contributed by atoms with Crippen LogP contribution in [0.5, 0.6) is 0 Å². The summed E-state index contributed by atoms with van der Waals surface area (Å²) in [4.78, 5) is 55.7. The Bertz CT molecular complexity index is 1240. The zero-order valence-electron chi connectivity index (χ0n) is 15.5. The van der Waals surface area contributed by atoms with Crippen LogP contribution in [-0.4, -0.2) is 47.2 Å². The molecule has 1 atom stereocenters. The molecule has 8 nitrogen and oxygen atoms in total. The fourth-order valence-corrected chi connectivity index (χ4v) is 4.95.